The van der Waals surface area contributed by atoms with E-state index in [2.05, 4.69) is 15.5 Å². The summed E-state index contributed by atoms with van der Waals surface area (Å²) in [6, 6.07) is 7.64. The molecule has 1 aromatic rings. The highest BCUT2D eigenvalue weighted by molar-refractivity contribution is 5.85. The first-order valence-corrected chi connectivity index (χ1v) is 7.47. The number of carbonyl (C=O) groups is 1. The van der Waals surface area contributed by atoms with Crippen molar-refractivity contribution < 1.29 is 9.90 Å². The highest BCUT2D eigenvalue weighted by atomic mass is 16.3. The van der Waals surface area contributed by atoms with Crippen LogP contribution in [0.2, 0.25) is 0 Å². The molecule has 2 rings (SSSR count). The van der Waals surface area contributed by atoms with Gasteiger partial charge in [-0.05, 0) is 25.0 Å². The van der Waals surface area contributed by atoms with Gasteiger partial charge in [-0.15, -0.1) is 0 Å². The van der Waals surface area contributed by atoms with Gasteiger partial charge in [0.25, 0.3) is 0 Å². The number of hydrogen-bond donors (Lipinski definition) is 3. The monoisotopic (exact) mass is 291 g/mol. The molecule has 0 atom stereocenters. The molecule has 1 heterocycles. The normalized spacial score (nSPS) is 16.7. The fourth-order valence-electron chi connectivity index (χ4n) is 2.60. The van der Waals surface area contributed by atoms with Crippen LogP contribution in [-0.4, -0.2) is 47.6 Å². The molecule has 1 aliphatic heterocycles. The molecule has 1 aliphatic rings. The van der Waals surface area contributed by atoms with Crippen LogP contribution in [0, 0.1) is 0 Å². The Hall–Kier alpha value is -1.43. The van der Waals surface area contributed by atoms with Crippen molar-refractivity contribution in [3.8, 4) is 0 Å². The average Bonchev–Trinajstić information content (AvgIpc) is 2.53. The van der Waals surface area contributed by atoms with Gasteiger partial charge in [0.15, 0.2) is 0 Å². The number of nitrogens with one attached hydrogen (secondary N) is 2. The number of hydrogen-bond acceptors (Lipinski definition) is 4. The first-order chi connectivity index (χ1) is 10.0. The molecule has 3 N–H and O–H groups in total. The van der Waals surface area contributed by atoms with Crippen molar-refractivity contribution in [2.45, 2.75) is 32.5 Å². The fraction of sp³-hybridized carbons (Fsp3) is 0.562. The molecule has 21 heavy (non-hydrogen) atoms. The number of piperazine rings is 1. The summed E-state index contributed by atoms with van der Waals surface area (Å²) in [7, 11) is 0. The molecular weight excluding hydrogens is 266 g/mol. The Morgan fingerprint density at radius 3 is 2.67 bits per heavy atom. The third kappa shape index (κ3) is 4.03. The highest BCUT2D eigenvalue weighted by Gasteiger charge is 2.34. The standard InChI is InChI=1S/C16H25N3O2/c1-16(2,19-8-6-17-7-9-19)15(21)18-11-13-4-3-5-14(10-13)12-20/h3-5,10,17,20H,6-9,11-12H2,1-2H3,(H,18,21). The summed E-state index contributed by atoms with van der Waals surface area (Å²) >= 11 is 0. The van der Waals surface area contributed by atoms with Crippen LogP contribution in [0.4, 0.5) is 0 Å². The van der Waals surface area contributed by atoms with Crippen LogP contribution in [0.5, 0.6) is 0 Å². The molecule has 0 bridgehead atoms. The molecule has 5 heteroatoms. The average molecular weight is 291 g/mol. The molecule has 0 unspecified atom stereocenters. The smallest absolute Gasteiger partial charge is 0.240 e. The molecule has 1 aromatic carbocycles. The lowest BCUT2D eigenvalue weighted by Crippen LogP contribution is -2.59. The van der Waals surface area contributed by atoms with Crippen molar-refractivity contribution in [3.05, 3.63) is 35.4 Å². The summed E-state index contributed by atoms with van der Waals surface area (Å²) in [4.78, 5) is 14.7. The molecule has 0 saturated carbocycles. The van der Waals surface area contributed by atoms with E-state index < -0.39 is 5.54 Å². The van der Waals surface area contributed by atoms with Gasteiger partial charge >= 0.3 is 0 Å². The van der Waals surface area contributed by atoms with E-state index in [4.69, 9.17) is 5.11 Å². The third-order valence-corrected chi connectivity index (χ3v) is 4.09. The molecule has 1 amide bonds. The Kier molecular flexibility index (Phi) is 5.33. The van der Waals surface area contributed by atoms with Gasteiger partial charge in [0.2, 0.25) is 5.91 Å². The predicted molar refractivity (Wildman–Crippen MR) is 82.7 cm³/mol. The quantitative estimate of drug-likeness (QED) is 0.738. The lowest BCUT2D eigenvalue weighted by atomic mass is 10.00. The SMILES string of the molecule is CC(C)(C(=O)NCc1cccc(CO)c1)N1CCNCC1. The van der Waals surface area contributed by atoms with Gasteiger partial charge < -0.3 is 15.7 Å². The van der Waals surface area contributed by atoms with Gasteiger partial charge in [-0.25, -0.2) is 0 Å². The van der Waals surface area contributed by atoms with Crippen molar-refractivity contribution in [1.82, 2.24) is 15.5 Å². The van der Waals surface area contributed by atoms with Gasteiger partial charge in [0.05, 0.1) is 12.1 Å². The van der Waals surface area contributed by atoms with E-state index in [9.17, 15) is 4.79 Å². The minimum atomic E-state index is -0.503. The number of carbonyl (C=O) groups excluding carboxylic acids is 1. The lowest BCUT2D eigenvalue weighted by Gasteiger charge is -2.39. The second-order valence-corrected chi connectivity index (χ2v) is 5.96. The van der Waals surface area contributed by atoms with Crippen LogP contribution in [0.25, 0.3) is 0 Å². The lowest BCUT2D eigenvalue weighted by molar-refractivity contribution is -0.132. The number of rotatable bonds is 5. The van der Waals surface area contributed by atoms with Crippen LogP contribution >= 0.6 is 0 Å². The van der Waals surface area contributed by atoms with E-state index in [1.165, 1.54) is 0 Å². The Balaban J connectivity index is 1.93. The predicted octanol–water partition coefficient (Wildman–Crippen LogP) is 0.479. The topological polar surface area (TPSA) is 64.6 Å². The maximum Gasteiger partial charge on any atom is 0.240 e. The Bertz CT molecular complexity index is 482. The van der Waals surface area contributed by atoms with Crippen LogP contribution in [0.3, 0.4) is 0 Å². The summed E-state index contributed by atoms with van der Waals surface area (Å²) in [5.74, 6) is 0.0406. The molecule has 0 aromatic heterocycles. The van der Waals surface area contributed by atoms with E-state index >= 15 is 0 Å². The summed E-state index contributed by atoms with van der Waals surface area (Å²) in [5.41, 5.74) is 1.37. The van der Waals surface area contributed by atoms with E-state index in [-0.39, 0.29) is 12.5 Å². The van der Waals surface area contributed by atoms with Crippen molar-refractivity contribution in [1.29, 1.82) is 0 Å². The number of benzene rings is 1. The molecule has 5 nitrogen and oxygen atoms in total. The zero-order chi connectivity index (χ0) is 15.3. The van der Waals surface area contributed by atoms with Crippen molar-refractivity contribution >= 4 is 5.91 Å². The molecule has 1 fully saturated rings. The van der Waals surface area contributed by atoms with E-state index in [0.29, 0.717) is 6.54 Å². The van der Waals surface area contributed by atoms with Crippen LogP contribution in [-0.2, 0) is 17.9 Å². The molecule has 0 aliphatic carbocycles. The number of aliphatic hydroxyl groups excluding tert-OH is 1. The molecule has 0 spiro atoms. The van der Waals surface area contributed by atoms with Gasteiger partial charge in [-0.3, -0.25) is 9.69 Å². The second-order valence-electron chi connectivity index (χ2n) is 5.96. The van der Waals surface area contributed by atoms with E-state index in [1.807, 2.05) is 38.1 Å². The van der Waals surface area contributed by atoms with E-state index in [0.717, 1.165) is 37.3 Å². The van der Waals surface area contributed by atoms with Gasteiger partial charge in [0, 0.05) is 32.7 Å². The summed E-state index contributed by atoms with van der Waals surface area (Å²) < 4.78 is 0. The highest BCUT2D eigenvalue weighted by Crippen LogP contribution is 2.15. The van der Waals surface area contributed by atoms with Gasteiger partial charge in [-0.2, -0.15) is 0 Å². The number of amides is 1. The van der Waals surface area contributed by atoms with Crippen molar-refractivity contribution in [2.24, 2.45) is 0 Å². The van der Waals surface area contributed by atoms with Gasteiger partial charge in [-0.1, -0.05) is 24.3 Å². The maximum absolute atomic E-state index is 12.5. The van der Waals surface area contributed by atoms with Gasteiger partial charge in [0.1, 0.15) is 0 Å². The van der Waals surface area contributed by atoms with Crippen molar-refractivity contribution in [3.63, 3.8) is 0 Å². The minimum absolute atomic E-state index is 0.0219. The zero-order valence-electron chi connectivity index (χ0n) is 12.9. The first-order valence-electron chi connectivity index (χ1n) is 7.47. The number of aliphatic hydroxyl groups is 1. The summed E-state index contributed by atoms with van der Waals surface area (Å²) in [6.07, 6.45) is 0. The molecule has 0 radical (unpaired) electrons. The third-order valence-electron chi connectivity index (χ3n) is 4.09. The Morgan fingerprint density at radius 1 is 1.33 bits per heavy atom. The Morgan fingerprint density at radius 2 is 2.00 bits per heavy atom. The molecular formula is C16H25N3O2. The van der Waals surface area contributed by atoms with Crippen molar-refractivity contribution in [2.75, 3.05) is 26.2 Å². The molecule has 116 valence electrons. The first kappa shape index (κ1) is 15.9. The van der Waals surface area contributed by atoms with Crippen LogP contribution in [0.1, 0.15) is 25.0 Å². The van der Waals surface area contributed by atoms with Crippen LogP contribution < -0.4 is 10.6 Å². The molecule has 1 saturated heterocycles. The maximum atomic E-state index is 12.5. The van der Waals surface area contributed by atoms with Crippen LogP contribution in [0.15, 0.2) is 24.3 Å². The second kappa shape index (κ2) is 7.02. The summed E-state index contributed by atoms with van der Waals surface area (Å²) in [6.45, 7) is 8.08. The Labute approximate surface area is 126 Å². The largest absolute Gasteiger partial charge is 0.392 e. The van der Waals surface area contributed by atoms with E-state index in [1.54, 1.807) is 0 Å². The number of nitrogens with zero attached hydrogens (tertiary/aromatic N) is 1. The zero-order valence-corrected chi connectivity index (χ0v) is 12.9. The summed E-state index contributed by atoms with van der Waals surface area (Å²) in [5, 5.41) is 15.4. The fourth-order valence-corrected chi connectivity index (χ4v) is 2.60. The minimum Gasteiger partial charge on any atom is -0.392 e.